The van der Waals surface area contributed by atoms with Crippen LogP contribution in [-0.4, -0.2) is 42.1 Å². The molecule has 0 saturated carbocycles. The summed E-state index contributed by atoms with van der Waals surface area (Å²) in [7, 11) is 0. The lowest BCUT2D eigenvalue weighted by Crippen LogP contribution is -2.39. The first kappa shape index (κ1) is 31.1. The monoisotopic (exact) mass is 507 g/mol. The lowest BCUT2D eigenvalue weighted by molar-refractivity contribution is -0.166. The molecule has 9 nitrogen and oxygen atoms in total. The number of hydrogen-bond acceptors (Lipinski definition) is 9. The Morgan fingerprint density at radius 3 is 1.81 bits per heavy atom. The van der Waals surface area contributed by atoms with Gasteiger partial charge in [0, 0.05) is 6.42 Å². The Morgan fingerprint density at radius 1 is 0.750 bits per heavy atom. The van der Waals surface area contributed by atoms with E-state index in [0.717, 1.165) is 0 Å². The van der Waals surface area contributed by atoms with E-state index in [0.29, 0.717) is 24.3 Å². The van der Waals surface area contributed by atoms with Crippen molar-refractivity contribution in [1.29, 1.82) is 0 Å². The first-order chi connectivity index (χ1) is 16.7. The van der Waals surface area contributed by atoms with Crippen LogP contribution in [0.15, 0.2) is 18.2 Å². The second-order valence-corrected chi connectivity index (χ2v) is 10.0. The molecule has 0 spiro atoms. The molecule has 2 N–H and O–H groups in total. The van der Waals surface area contributed by atoms with Crippen LogP contribution in [0, 0.1) is 17.8 Å². The fourth-order valence-corrected chi connectivity index (χ4v) is 2.77. The molecule has 0 aliphatic rings. The Kier molecular flexibility index (Phi) is 12.6. The van der Waals surface area contributed by atoms with Crippen molar-refractivity contribution in [3.05, 3.63) is 23.8 Å². The van der Waals surface area contributed by atoms with E-state index < -0.39 is 42.1 Å². The molecule has 0 saturated heterocycles. The molecule has 0 fully saturated rings. The third kappa shape index (κ3) is 10.8. The Balaban J connectivity index is 2.85. The van der Waals surface area contributed by atoms with Crippen molar-refractivity contribution in [2.75, 3.05) is 0 Å². The van der Waals surface area contributed by atoms with Gasteiger partial charge in [-0.05, 0) is 50.3 Å². The molecule has 0 heterocycles. The average molecular weight is 508 g/mol. The van der Waals surface area contributed by atoms with Gasteiger partial charge in [0.25, 0.3) is 0 Å². The minimum Gasteiger partial charge on any atom is -0.459 e. The van der Waals surface area contributed by atoms with Gasteiger partial charge in [0.15, 0.2) is 11.5 Å². The van der Waals surface area contributed by atoms with Crippen LogP contribution in [0.5, 0.6) is 11.5 Å². The number of nitrogens with two attached hydrogens (primary N) is 1. The molecule has 0 radical (unpaired) electrons. The highest BCUT2D eigenvalue weighted by molar-refractivity contribution is 5.78. The summed E-state index contributed by atoms with van der Waals surface area (Å²) in [5.74, 6) is -2.20. The molecule has 3 atom stereocenters. The van der Waals surface area contributed by atoms with Crippen LogP contribution in [0.4, 0.5) is 0 Å². The number of carbonyl (C=O) groups is 4. The van der Waals surface area contributed by atoms with Crippen molar-refractivity contribution in [2.45, 2.75) is 92.9 Å². The van der Waals surface area contributed by atoms with Crippen molar-refractivity contribution in [3.63, 3.8) is 0 Å². The van der Waals surface area contributed by atoms with E-state index in [-0.39, 0.29) is 29.8 Å². The van der Waals surface area contributed by atoms with Gasteiger partial charge in [-0.25, -0.2) is 0 Å². The van der Waals surface area contributed by atoms with Crippen LogP contribution in [0.3, 0.4) is 0 Å². The second-order valence-electron chi connectivity index (χ2n) is 10.0. The fraction of sp³-hybridized carbons (Fsp3) is 0.630. The van der Waals surface area contributed by atoms with Gasteiger partial charge in [0.05, 0.1) is 11.8 Å². The minimum atomic E-state index is -1.02. The fourth-order valence-electron chi connectivity index (χ4n) is 2.77. The van der Waals surface area contributed by atoms with Crippen LogP contribution in [0.25, 0.3) is 0 Å². The molecule has 1 aromatic rings. The highest BCUT2D eigenvalue weighted by Crippen LogP contribution is 2.30. The zero-order valence-electron chi connectivity index (χ0n) is 22.7. The normalized spacial score (nSPS) is 13.8. The first-order valence-electron chi connectivity index (χ1n) is 12.4. The summed E-state index contributed by atoms with van der Waals surface area (Å²) in [6, 6.07) is 3.62. The molecule has 0 aliphatic carbocycles. The molecule has 9 heteroatoms. The van der Waals surface area contributed by atoms with Gasteiger partial charge in [-0.2, -0.15) is 0 Å². The predicted molar refractivity (Wildman–Crippen MR) is 134 cm³/mol. The van der Waals surface area contributed by atoms with E-state index in [1.54, 1.807) is 47.6 Å². The molecule has 36 heavy (non-hydrogen) atoms. The summed E-state index contributed by atoms with van der Waals surface area (Å²) in [5.41, 5.74) is 6.64. The molecular weight excluding hydrogens is 466 g/mol. The minimum absolute atomic E-state index is 0.0658. The van der Waals surface area contributed by atoms with Crippen molar-refractivity contribution in [2.24, 2.45) is 23.5 Å². The van der Waals surface area contributed by atoms with Crippen LogP contribution in [0.1, 0.15) is 73.8 Å². The molecule has 0 aliphatic heterocycles. The van der Waals surface area contributed by atoms with Gasteiger partial charge in [-0.15, -0.1) is 0 Å². The van der Waals surface area contributed by atoms with E-state index in [1.165, 1.54) is 12.1 Å². The topological polar surface area (TPSA) is 131 Å². The molecule has 1 aromatic carbocycles. The highest BCUT2D eigenvalue weighted by atomic mass is 16.6. The van der Waals surface area contributed by atoms with Gasteiger partial charge in [-0.1, -0.05) is 47.6 Å². The lowest BCUT2D eigenvalue weighted by atomic mass is 10.1. The van der Waals surface area contributed by atoms with Gasteiger partial charge < -0.3 is 24.7 Å². The summed E-state index contributed by atoms with van der Waals surface area (Å²) in [5, 5.41) is 0. The third-order valence-corrected chi connectivity index (χ3v) is 5.34. The number of rotatable bonds is 13. The highest BCUT2D eigenvalue weighted by Gasteiger charge is 2.25. The molecular formula is C27H41NO8. The van der Waals surface area contributed by atoms with Crippen molar-refractivity contribution in [3.8, 4) is 11.5 Å². The zero-order valence-corrected chi connectivity index (χ0v) is 22.7. The lowest BCUT2D eigenvalue weighted by Gasteiger charge is -2.22. The SMILES string of the molecule is CC(C)CCC(=O)O[C@@H](C)[C@H](C)OC(=O)[C@@H](N)Cc1ccc(OC(=O)C(C)C)c(OC(=O)C(C)C)c1. The number of esters is 4. The predicted octanol–water partition coefficient (Wildman–Crippen LogP) is 3.98. The summed E-state index contributed by atoms with van der Waals surface area (Å²) in [6.07, 6.45) is -0.216. The van der Waals surface area contributed by atoms with Gasteiger partial charge in [-0.3, -0.25) is 19.2 Å². The summed E-state index contributed by atoms with van der Waals surface area (Å²) in [4.78, 5) is 48.7. The van der Waals surface area contributed by atoms with Gasteiger partial charge >= 0.3 is 23.9 Å². The summed E-state index contributed by atoms with van der Waals surface area (Å²) >= 11 is 0. The van der Waals surface area contributed by atoms with Gasteiger partial charge in [0.1, 0.15) is 18.2 Å². The van der Waals surface area contributed by atoms with E-state index in [1.807, 2.05) is 13.8 Å². The number of hydrogen-bond donors (Lipinski definition) is 1. The maximum atomic E-state index is 12.6. The maximum absolute atomic E-state index is 12.6. The number of carbonyl (C=O) groups excluding carboxylic acids is 4. The van der Waals surface area contributed by atoms with E-state index in [2.05, 4.69) is 0 Å². The zero-order chi connectivity index (χ0) is 27.6. The summed E-state index contributed by atoms with van der Waals surface area (Å²) < 4.78 is 21.5. The molecule has 0 unspecified atom stereocenters. The van der Waals surface area contributed by atoms with E-state index in [4.69, 9.17) is 24.7 Å². The largest absolute Gasteiger partial charge is 0.459 e. The Labute approximate surface area is 214 Å². The smallest absolute Gasteiger partial charge is 0.323 e. The number of benzene rings is 1. The van der Waals surface area contributed by atoms with Crippen molar-refractivity contribution in [1.82, 2.24) is 0 Å². The molecule has 0 aromatic heterocycles. The van der Waals surface area contributed by atoms with Crippen molar-refractivity contribution >= 4 is 23.9 Å². The Bertz CT molecular complexity index is 909. The van der Waals surface area contributed by atoms with Crippen LogP contribution in [-0.2, 0) is 35.1 Å². The summed E-state index contributed by atoms with van der Waals surface area (Å²) in [6.45, 7) is 14.1. The van der Waals surface area contributed by atoms with E-state index >= 15 is 0 Å². The van der Waals surface area contributed by atoms with Crippen LogP contribution < -0.4 is 15.2 Å². The van der Waals surface area contributed by atoms with Gasteiger partial charge in [0.2, 0.25) is 0 Å². The molecule has 0 bridgehead atoms. The third-order valence-electron chi connectivity index (χ3n) is 5.34. The molecule has 1 rings (SSSR count). The molecule has 202 valence electrons. The van der Waals surface area contributed by atoms with E-state index in [9.17, 15) is 19.2 Å². The van der Waals surface area contributed by atoms with Crippen LogP contribution in [0.2, 0.25) is 0 Å². The Morgan fingerprint density at radius 2 is 1.28 bits per heavy atom. The van der Waals surface area contributed by atoms with Crippen LogP contribution >= 0.6 is 0 Å². The first-order valence-corrected chi connectivity index (χ1v) is 12.4. The molecule has 0 amide bonds. The maximum Gasteiger partial charge on any atom is 0.323 e. The standard InChI is InChI=1S/C27H41NO8/c1-15(2)9-12-24(29)33-18(7)19(8)34-27(32)21(28)13-20-10-11-22(35-25(30)16(3)4)23(14-20)36-26(31)17(5)6/h10-11,14-19,21H,9,12-13,28H2,1-8H3/t18-,19-,21-/m0/s1. The van der Waals surface area contributed by atoms with Crippen molar-refractivity contribution < 1.29 is 38.1 Å². The Hall–Kier alpha value is -2.94. The average Bonchev–Trinajstić information content (AvgIpc) is 2.78. The number of ether oxygens (including phenoxy) is 4. The quantitative estimate of drug-likeness (QED) is 0.311. The second kappa shape index (κ2) is 14.6.